The van der Waals surface area contributed by atoms with E-state index in [1.54, 1.807) is 31.4 Å². The lowest BCUT2D eigenvalue weighted by Crippen LogP contribution is -2.64. The van der Waals surface area contributed by atoms with Crippen molar-refractivity contribution in [1.82, 2.24) is 0 Å². The molecule has 2 aliphatic rings. The SMILES string of the molecule is CO[C@H]1O[C@H](COC2O[C@H](COCc3ccccc3)C(OCc3ccccc3)[C@H](OCc3ccccc3)[C@H]2OC(=O)c2ccccc2)[C@@H](OCc2ccccc2)[C@H](OCc2ccccc2)[C@H]1OCc1ccccc1. The highest BCUT2D eigenvalue weighted by Crippen LogP contribution is 2.35. The van der Waals surface area contributed by atoms with Gasteiger partial charge in [-0.2, -0.15) is 0 Å². The molecule has 10 atom stereocenters. The van der Waals surface area contributed by atoms with Crippen LogP contribution in [-0.2, 0) is 91.7 Å². The largest absolute Gasteiger partial charge is 0.450 e. The average molecular weight is 1000 g/mol. The topological polar surface area (TPSA) is 119 Å². The van der Waals surface area contributed by atoms with Crippen molar-refractivity contribution < 1.29 is 56.9 Å². The maximum Gasteiger partial charge on any atom is 0.338 e. The van der Waals surface area contributed by atoms with Crippen LogP contribution in [-0.4, -0.2) is 87.7 Å². The van der Waals surface area contributed by atoms with Gasteiger partial charge in [-0.1, -0.05) is 200 Å². The number of benzene rings is 7. The summed E-state index contributed by atoms with van der Waals surface area (Å²) in [6.07, 6.45) is -8.93. The molecular weight excluding hydrogens is 937 g/mol. The van der Waals surface area contributed by atoms with Crippen LogP contribution in [0.5, 0.6) is 0 Å². The molecule has 0 spiro atoms. The number of carbonyl (C=O) groups is 1. The zero-order valence-electron chi connectivity index (χ0n) is 41.5. The van der Waals surface area contributed by atoms with Crippen LogP contribution < -0.4 is 0 Å². The number of methoxy groups -OCH3 is 1. The summed E-state index contributed by atoms with van der Waals surface area (Å²) in [5.74, 6) is -0.591. The molecule has 12 nitrogen and oxygen atoms in total. The Kier molecular flexibility index (Phi) is 19.7. The van der Waals surface area contributed by atoms with Gasteiger partial charge in [0.2, 0.25) is 0 Å². The van der Waals surface area contributed by atoms with Gasteiger partial charge in [0, 0.05) is 7.11 Å². The molecule has 0 saturated carbocycles. The molecule has 2 aliphatic heterocycles. The Bertz CT molecular complexity index is 2650. The van der Waals surface area contributed by atoms with Crippen molar-refractivity contribution in [2.45, 2.75) is 101 Å². The first-order valence-electron chi connectivity index (χ1n) is 25.2. The summed E-state index contributed by atoms with van der Waals surface area (Å²) in [5.41, 5.74) is 6.07. The van der Waals surface area contributed by atoms with Crippen molar-refractivity contribution in [2.24, 2.45) is 0 Å². The number of hydrogen-bond donors (Lipinski definition) is 0. The Morgan fingerprint density at radius 2 is 0.676 bits per heavy atom. The van der Waals surface area contributed by atoms with Gasteiger partial charge < -0.3 is 52.1 Å². The van der Waals surface area contributed by atoms with Crippen LogP contribution in [0.15, 0.2) is 212 Å². The van der Waals surface area contributed by atoms with E-state index >= 15 is 0 Å². The normalized spacial score (nSPS) is 23.7. The molecule has 2 fully saturated rings. The van der Waals surface area contributed by atoms with Crippen LogP contribution in [0, 0.1) is 0 Å². The fourth-order valence-corrected chi connectivity index (χ4v) is 9.09. The molecule has 7 aromatic carbocycles. The molecule has 0 aromatic heterocycles. The molecule has 7 aromatic rings. The van der Waals surface area contributed by atoms with Crippen LogP contribution in [0.2, 0.25) is 0 Å². The molecule has 2 unspecified atom stereocenters. The molecule has 2 saturated heterocycles. The lowest BCUT2D eigenvalue weighted by molar-refractivity contribution is -0.346. The number of ether oxygens (including phenoxy) is 11. The maximum atomic E-state index is 14.3. The summed E-state index contributed by atoms with van der Waals surface area (Å²) in [7, 11) is 1.58. The molecule has 12 heteroatoms. The fourth-order valence-electron chi connectivity index (χ4n) is 9.09. The van der Waals surface area contributed by atoms with Crippen molar-refractivity contribution >= 4 is 5.97 Å². The van der Waals surface area contributed by atoms with E-state index in [1.165, 1.54) is 0 Å². The minimum Gasteiger partial charge on any atom is -0.450 e. The van der Waals surface area contributed by atoms with Gasteiger partial charge >= 0.3 is 5.97 Å². The fraction of sp³-hybridized carbons (Fsp3) is 0.306. The second-order valence-electron chi connectivity index (χ2n) is 18.2. The summed E-state index contributed by atoms with van der Waals surface area (Å²) in [4.78, 5) is 14.3. The van der Waals surface area contributed by atoms with Crippen molar-refractivity contribution in [2.75, 3.05) is 20.3 Å². The second kappa shape index (κ2) is 27.8. The second-order valence-corrected chi connectivity index (χ2v) is 18.2. The van der Waals surface area contributed by atoms with Gasteiger partial charge in [0.15, 0.2) is 18.7 Å². The third-order valence-corrected chi connectivity index (χ3v) is 12.9. The highest BCUT2D eigenvalue weighted by atomic mass is 16.8. The number of carbonyl (C=O) groups excluding carboxylic acids is 1. The van der Waals surface area contributed by atoms with E-state index in [2.05, 4.69) is 0 Å². The van der Waals surface area contributed by atoms with E-state index < -0.39 is 67.4 Å². The maximum absolute atomic E-state index is 14.3. The van der Waals surface area contributed by atoms with Gasteiger partial charge in [0.25, 0.3) is 0 Å². The van der Waals surface area contributed by atoms with Crippen molar-refractivity contribution in [1.29, 1.82) is 0 Å². The van der Waals surface area contributed by atoms with Gasteiger partial charge in [0.1, 0.15) is 42.7 Å². The quantitative estimate of drug-likeness (QED) is 0.0507. The molecule has 384 valence electrons. The molecule has 0 N–H and O–H groups in total. The van der Waals surface area contributed by atoms with Gasteiger partial charge in [0.05, 0.1) is 58.4 Å². The van der Waals surface area contributed by atoms with E-state index in [0.717, 1.165) is 33.4 Å². The van der Waals surface area contributed by atoms with Crippen LogP contribution in [0.4, 0.5) is 0 Å². The lowest BCUT2D eigenvalue weighted by Gasteiger charge is -2.47. The van der Waals surface area contributed by atoms with Crippen LogP contribution in [0.3, 0.4) is 0 Å². The van der Waals surface area contributed by atoms with Gasteiger partial charge in [-0.25, -0.2) is 4.79 Å². The zero-order valence-corrected chi connectivity index (χ0v) is 41.5. The smallest absolute Gasteiger partial charge is 0.338 e. The Labute approximate surface area is 433 Å². The highest BCUT2D eigenvalue weighted by molar-refractivity contribution is 5.89. The van der Waals surface area contributed by atoms with Crippen LogP contribution in [0.1, 0.15) is 43.7 Å². The monoisotopic (exact) mass is 1000 g/mol. The number of esters is 1. The number of rotatable bonds is 25. The summed E-state index contributed by atoms with van der Waals surface area (Å²) >= 11 is 0. The van der Waals surface area contributed by atoms with Gasteiger partial charge in [-0.05, 0) is 45.5 Å². The first-order valence-corrected chi connectivity index (χ1v) is 25.2. The van der Waals surface area contributed by atoms with Crippen molar-refractivity contribution in [3.63, 3.8) is 0 Å². The van der Waals surface area contributed by atoms with Gasteiger partial charge in [-0.15, -0.1) is 0 Å². The summed E-state index contributed by atoms with van der Waals surface area (Å²) in [6, 6.07) is 68.2. The molecule has 0 amide bonds. The van der Waals surface area contributed by atoms with Crippen LogP contribution >= 0.6 is 0 Å². The Balaban J connectivity index is 1.06. The Hall–Kier alpha value is -6.39. The van der Waals surface area contributed by atoms with Crippen molar-refractivity contribution in [3.05, 3.63) is 251 Å². The summed E-state index contributed by atoms with van der Waals surface area (Å²) < 4.78 is 74.1. The first-order chi connectivity index (χ1) is 36.6. The van der Waals surface area contributed by atoms with E-state index in [0.29, 0.717) is 12.2 Å². The first kappa shape index (κ1) is 52.5. The predicted octanol–water partition coefficient (Wildman–Crippen LogP) is 10.5. The summed E-state index contributed by atoms with van der Waals surface area (Å²) in [5, 5.41) is 0. The molecular formula is C62H64O12. The highest BCUT2D eigenvalue weighted by Gasteiger charge is 2.53. The minimum atomic E-state index is -1.24. The summed E-state index contributed by atoms with van der Waals surface area (Å²) in [6.45, 7) is 1.41. The van der Waals surface area contributed by atoms with E-state index in [4.69, 9.17) is 52.1 Å². The molecule has 2 heterocycles. The van der Waals surface area contributed by atoms with Crippen molar-refractivity contribution in [3.8, 4) is 0 Å². The van der Waals surface area contributed by atoms with E-state index in [-0.39, 0.29) is 46.2 Å². The molecule has 0 bridgehead atoms. The standard InChI is InChI=1S/C62H64O12/c1-64-61-58(70-42-50-33-19-7-20-34-50)56(68-40-48-29-15-5-16-30-48)55(67-39-47-27-13-4-14-28-47)53(72-61)44-71-62-59(74-60(63)51-35-21-8-22-36-51)57(69-41-49-31-17-6-18-32-49)54(66-38-46-25-11-3-12-26-46)52(73-62)43-65-37-45-23-9-2-10-24-45/h2-36,52-59,61-62H,37-44H2,1H3/t52-,53-,54?,55-,56+,57+,58-,59-,61+,62?/m1/s1. The predicted molar refractivity (Wildman–Crippen MR) is 277 cm³/mol. The average Bonchev–Trinajstić information content (AvgIpc) is 3.46. The molecule has 74 heavy (non-hydrogen) atoms. The Morgan fingerprint density at radius 3 is 1.08 bits per heavy atom. The lowest BCUT2D eigenvalue weighted by atomic mass is 9.96. The third-order valence-electron chi connectivity index (χ3n) is 12.9. The van der Waals surface area contributed by atoms with E-state index in [9.17, 15) is 4.79 Å². The molecule has 0 aliphatic carbocycles. The van der Waals surface area contributed by atoms with Gasteiger partial charge in [-0.3, -0.25) is 0 Å². The van der Waals surface area contributed by atoms with E-state index in [1.807, 2.05) is 188 Å². The van der Waals surface area contributed by atoms with Crippen LogP contribution in [0.25, 0.3) is 0 Å². The number of hydrogen-bond acceptors (Lipinski definition) is 12. The minimum absolute atomic E-state index is 0.0864. The molecule has 9 rings (SSSR count). The molecule has 0 radical (unpaired) electrons. The zero-order chi connectivity index (χ0) is 50.6. The third kappa shape index (κ3) is 14.9. The Morgan fingerprint density at radius 1 is 0.351 bits per heavy atom.